The van der Waals surface area contributed by atoms with Crippen LogP contribution in [0.1, 0.15) is 49.5 Å². The van der Waals surface area contributed by atoms with E-state index in [0.29, 0.717) is 37.3 Å². The lowest BCUT2D eigenvalue weighted by Gasteiger charge is -2.25. The van der Waals surface area contributed by atoms with Crippen LogP contribution in [0.4, 0.5) is 4.39 Å². The highest BCUT2D eigenvalue weighted by molar-refractivity contribution is 7.56. The summed E-state index contributed by atoms with van der Waals surface area (Å²) in [5, 5.41) is 1.69. The predicted molar refractivity (Wildman–Crippen MR) is 143 cm³/mol. The van der Waals surface area contributed by atoms with E-state index in [4.69, 9.17) is 25.4 Å². The molecule has 0 radical (unpaired) electrons. The number of hydrogen-bond acceptors (Lipinski definition) is 5. The van der Waals surface area contributed by atoms with Crippen molar-refractivity contribution in [1.29, 1.82) is 0 Å². The Kier molecular flexibility index (Phi) is 9.32. The molecule has 0 spiro atoms. The maximum Gasteiger partial charge on any atom is 0.244 e. The monoisotopic (exact) mass is 548 g/mol. The Morgan fingerprint density at radius 1 is 1.16 bits per heavy atom. The zero-order valence-electron chi connectivity index (χ0n) is 21.2. The van der Waals surface area contributed by atoms with E-state index in [-0.39, 0.29) is 29.9 Å². The fourth-order valence-corrected chi connectivity index (χ4v) is 5.96. The van der Waals surface area contributed by atoms with Gasteiger partial charge in [0.05, 0.1) is 30.4 Å². The van der Waals surface area contributed by atoms with E-state index >= 15 is 0 Å². The summed E-state index contributed by atoms with van der Waals surface area (Å²) < 4.78 is 33.6. The maximum atomic E-state index is 14.3. The van der Waals surface area contributed by atoms with Crippen LogP contribution in [0.5, 0.6) is 0 Å². The third-order valence-corrected chi connectivity index (χ3v) is 8.21. The number of rotatable bonds is 11. The van der Waals surface area contributed by atoms with Crippen LogP contribution in [-0.2, 0) is 31.7 Å². The van der Waals surface area contributed by atoms with Gasteiger partial charge in [-0.3, -0.25) is 9.59 Å². The summed E-state index contributed by atoms with van der Waals surface area (Å²) in [5.41, 5.74) is 1.67. The Morgan fingerprint density at radius 3 is 2.62 bits per heavy atom. The summed E-state index contributed by atoms with van der Waals surface area (Å²) in [7, 11) is -1.27. The molecule has 10 heteroatoms. The summed E-state index contributed by atoms with van der Waals surface area (Å²) in [5.74, 6) is -0.722. The number of amides is 1. The van der Waals surface area contributed by atoms with Gasteiger partial charge in [-0.1, -0.05) is 29.8 Å². The molecule has 1 amide bonds. The van der Waals surface area contributed by atoms with Crippen LogP contribution < -0.4 is 5.30 Å². The third-order valence-electron chi connectivity index (χ3n) is 6.24. The molecule has 1 atom stereocenters. The van der Waals surface area contributed by atoms with E-state index < -0.39 is 20.4 Å². The topological polar surface area (TPSA) is 70.0 Å². The molecule has 1 aromatic heterocycles. The van der Waals surface area contributed by atoms with Gasteiger partial charge in [-0.15, -0.1) is 0 Å². The van der Waals surface area contributed by atoms with E-state index in [1.165, 1.54) is 13.0 Å². The molecule has 198 valence electrons. The van der Waals surface area contributed by atoms with E-state index in [1.807, 2.05) is 32.0 Å². The first kappa shape index (κ1) is 27.7. The van der Waals surface area contributed by atoms with E-state index in [2.05, 4.69) is 0 Å². The molecular weight excluding hydrogens is 518 g/mol. The largest absolute Gasteiger partial charge is 0.354 e. The molecule has 2 aromatic carbocycles. The minimum absolute atomic E-state index is 0.0174. The van der Waals surface area contributed by atoms with Crippen LogP contribution in [0, 0.1) is 5.82 Å². The molecule has 0 N–H and O–H groups in total. The summed E-state index contributed by atoms with van der Waals surface area (Å²) in [6.07, 6.45) is 2.72. The second kappa shape index (κ2) is 12.5. The fourth-order valence-electron chi connectivity index (χ4n) is 4.50. The van der Waals surface area contributed by atoms with Crippen molar-refractivity contribution in [2.24, 2.45) is 0 Å². The van der Waals surface area contributed by atoms with Crippen molar-refractivity contribution in [1.82, 2.24) is 9.47 Å². The van der Waals surface area contributed by atoms with Gasteiger partial charge in [0, 0.05) is 34.6 Å². The highest BCUT2D eigenvalue weighted by Crippen LogP contribution is 2.38. The SMILES string of the molecule is CCOP(OCC)c1ccc2c(C(C)=O)cn(CC(=O)N3CCCC3OCc3cccc(Cl)c3F)c2c1. The molecule has 3 aromatic rings. The summed E-state index contributed by atoms with van der Waals surface area (Å²) in [4.78, 5) is 27.4. The standard InChI is InChI=1S/C27H31ClFN2O5P/c1-4-35-37(36-5-2)20-11-12-21-22(18(3)32)15-30(24(21)14-20)16-25(33)31-13-7-10-26(31)34-17-19-8-6-9-23(28)27(19)29/h6,8-9,11-12,14-15,26H,4-5,7,10,13,16-17H2,1-3H3. The average molecular weight is 549 g/mol. The van der Waals surface area contributed by atoms with Crippen LogP contribution >= 0.6 is 20.0 Å². The minimum Gasteiger partial charge on any atom is -0.354 e. The molecule has 7 nitrogen and oxygen atoms in total. The molecule has 37 heavy (non-hydrogen) atoms. The lowest BCUT2D eigenvalue weighted by molar-refractivity contribution is -0.143. The van der Waals surface area contributed by atoms with E-state index in [0.717, 1.165) is 22.6 Å². The summed E-state index contributed by atoms with van der Waals surface area (Å²) in [6.45, 7) is 6.97. The lowest BCUT2D eigenvalue weighted by Crippen LogP contribution is -2.39. The van der Waals surface area contributed by atoms with Crippen LogP contribution in [-0.4, -0.2) is 47.1 Å². The van der Waals surface area contributed by atoms with Gasteiger partial charge in [-0.05, 0) is 51.8 Å². The van der Waals surface area contributed by atoms with Crippen molar-refractivity contribution in [2.75, 3.05) is 19.8 Å². The van der Waals surface area contributed by atoms with Crippen molar-refractivity contribution in [3.63, 3.8) is 0 Å². The van der Waals surface area contributed by atoms with Gasteiger partial charge in [0.15, 0.2) is 5.78 Å². The Balaban J connectivity index is 1.56. The van der Waals surface area contributed by atoms with Crippen molar-refractivity contribution < 1.29 is 27.8 Å². The highest BCUT2D eigenvalue weighted by atomic mass is 35.5. The molecule has 4 rings (SSSR count). The minimum atomic E-state index is -1.27. The number of benzene rings is 2. The Hall–Kier alpha value is -2.35. The number of ketones is 1. The van der Waals surface area contributed by atoms with Crippen molar-refractivity contribution >= 4 is 47.9 Å². The highest BCUT2D eigenvalue weighted by Gasteiger charge is 2.30. The molecule has 1 fully saturated rings. The molecule has 1 aliphatic heterocycles. The van der Waals surface area contributed by atoms with Gasteiger partial charge in [0.2, 0.25) is 14.3 Å². The number of aromatic nitrogens is 1. The van der Waals surface area contributed by atoms with Crippen molar-refractivity contribution in [3.05, 3.63) is 64.6 Å². The smallest absolute Gasteiger partial charge is 0.244 e. The number of likely N-dealkylation sites (tertiary alicyclic amines) is 1. The van der Waals surface area contributed by atoms with Gasteiger partial charge >= 0.3 is 0 Å². The van der Waals surface area contributed by atoms with Gasteiger partial charge < -0.3 is 23.3 Å². The number of carbonyl (C=O) groups excluding carboxylic acids is 2. The van der Waals surface area contributed by atoms with Crippen molar-refractivity contribution in [3.8, 4) is 0 Å². The number of carbonyl (C=O) groups is 2. The zero-order valence-corrected chi connectivity index (χ0v) is 22.9. The third kappa shape index (κ3) is 6.21. The lowest BCUT2D eigenvalue weighted by atomic mass is 10.1. The van der Waals surface area contributed by atoms with E-state index in [1.54, 1.807) is 27.8 Å². The normalized spacial score (nSPS) is 15.7. The van der Waals surface area contributed by atoms with Gasteiger partial charge in [0.1, 0.15) is 18.6 Å². The second-order valence-corrected chi connectivity index (χ2v) is 10.7. The zero-order chi connectivity index (χ0) is 26.5. The summed E-state index contributed by atoms with van der Waals surface area (Å²) >= 11 is 5.88. The molecular formula is C27H31ClFN2O5P. The van der Waals surface area contributed by atoms with Crippen LogP contribution in [0.2, 0.25) is 5.02 Å². The molecule has 0 saturated carbocycles. The number of hydrogen-bond donors (Lipinski definition) is 0. The Labute approximate surface area is 222 Å². The summed E-state index contributed by atoms with van der Waals surface area (Å²) in [6, 6.07) is 10.5. The first-order valence-corrected chi connectivity index (χ1v) is 13.9. The first-order chi connectivity index (χ1) is 17.8. The van der Waals surface area contributed by atoms with Gasteiger partial charge in [0.25, 0.3) is 0 Å². The Bertz CT molecular complexity index is 1280. The molecule has 1 unspecified atom stereocenters. The van der Waals surface area contributed by atoms with Gasteiger partial charge in [-0.25, -0.2) is 4.39 Å². The molecule has 1 aliphatic rings. The van der Waals surface area contributed by atoms with Gasteiger partial charge in [-0.2, -0.15) is 0 Å². The van der Waals surface area contributed by atoms with E-state index in [9.17, 15) is 14.0 Å². The van der Waals surface area contributed by atoms with Crippen LogP contribution in [0.15, 0.2) is 42.6 Å². The average Bonchev–Trinajstić information content (AvgIpc) is 3.49. The van der Waals surface area contributed by atoms with Crippen LogP contribution in [0.25, 0.3) is 10.9 Å². The fraction of sp³-hybridized carbons (Fsp3) is 0.407. The number of ether oxygens (including phenoxy) is 1. The molecule has 0 aliphatic carbocycles. The molecule has 0 bridgehead atoms. The Morgan fingerprint density at radius 2 is 1.92 bits per heavy atom. The van der Waals surface area contributed by atoms with Crippen LogP contribution in [0.3, 0.4) is 0 Å². The predicted octanol–water partition coefficient (Wildman–Crippen LogP) is 5.81. The maximum absolute atomic E-state index is 14.3. The number of Topliss-reactive ketones (excluding diaryl/α,β-unsaturated/α-hetero) is 1. The number of halogens is 2. The number of fused-ring (bicyclic) bond motifs is 1. The molecule has 1 saturated heterocycles. The molecule has 2 heterocycles. The number of nitrogens with zero attached hydrogens (tertiary/aromatic N) is 2. The second-order valence-electron chi connectivity index (χ2n) is 8.73. The quantitative estimate of drug-likeness (QED) is 0.223. The van der Waals surface area contributed by atoms with Crippen molar-refractivity contribution in [2.45, 2.75) is 53.0 Å². The first-order valence-electron chi connectivity index (χ1n) is 12.4.